The molecule has 7 rings (SSSR count). The number of ether oxygens (including phenoxy) is 1. The van der Waals surface area contributed by atoms with Crippen LogP contribution in [0, 0.1) is 23.3 Å². The third-order valence-corrected chi connectivity index (χ3v) is 15.0. The average Bonchev–Trinajstić information content (AvgIpc) is 3.23. The van der Waals surface area contributed by atoms with Crippen LogP contribution in [-0.2, 0) is 20.0 Å². The molecule has 0 radical (unpaired) electrons. The van der Waals surface area contributed by atoms with Crippen molar-refractivity contribution in [3.05, 3.63) is 117 Å². The molecule has 5 aromatic rings. The number of methoxy groups -OCH3 is 1. The van der Waals surface area contributed by atoms with Crippen LogP contribution in [0.2, 0.25) is 0 Å². The molecule has 2 saturated heterocycles. The van der Waals surface area contributed by atoms with E-state index >= 15 is 0 Å². The smallest absolute Gasteiger partial charge is 0.281 e. The van der Waals surface area contributed by atoms with Crippen molar-refractivity contribution in [3.63, 3.8) is 0 Å². The van der Waals surface area contributed by atoms with Crippen LogP contribution in [0.5, 0.6) is 5.75 Å². The van der Waals surface area contributed by atoms with Crippen molar-refractivity contribution in [1.29, 1.82) is 0 Å². The number of nitrogens with zero attached hydrogens (tertiary/aromatic N) is 7. The molecule has 3 aromatic carbocycles. The maximum atomic E-state index is 14.1. The van der Waals surface area contributed by atoms with Crippen molar-refractivity contribution in [2.75, 3.05) is 69.3 Å². The Morgan fingerprint density at radius 1 is 0.629 bits per heavy atom. The van der Waals surface area contributed by atoms with E-state index in [0.29, 0.717) is 49.0 Å². The molecule has 332 valence electrons. The van der Waals surface area contributed by atoms with E-state index in [2.05, 4.69) is 15.3 Å². The predicted octanol–water partition coefficient (Wildman–Crippen LogP) is 4.62. The molecule has 0 aliphatic carbocycles. The number of rotatable bonds is 10. The molecule has 2 fully saturated rings. The fraction of sp³-hybridized carbons (Fsp3) is 0.366. The monoisotopic (exact) mass is 902 g/mol. The van der Waals surface area contributed by atoms with E-state index in [1.807, 2.05) is 4.90 Å². The topological polar surface area (TPSA) is 171 Å². The fourth-order valence-electron chi connectivity index (χ4n) is 7.15. The molecule has 0 spiro atoms. The zero-order chi connectivity index (χ0) is 45.1. The maximum absolute atomic E-state index is 14.1. The van der Waals surface area contributed by atoms with Crippen molar-refractivity contribution in [1.82, 2.24) is 28.6 Å². The summed E-state index contributed by atoms with van der Waals surface area (Å²) >= 11 is 0. The first-order chi connectivity index (χ1) is 29.3. The number of benzene rings is 3. The number of hydrogen-bond donors (Lipinski definition) is 1. The van der Waals surface area contributed by atoms with Crippen LogP contribution in [0.1, 0.15) is 27.7 Å². The Morgan fingerprint density at radius 2 is 1.08 bits per heavy atom. The van der Waals surface area contributed by atoms with Crippen LogP contribution in [0.15, 0.2) is 82.6 Å². The molecule has 21 heteroatoms. The van der Waals surface area contributed by atoms with Crippen LogP contribution >= 0.6 is 0 Å². The third kappa shape index (κ3) is 9.85. The number of H-pyrrole nitrogens is 1. The van der Waals surface area contributed by atoms with Crippen LogP contribution in [0.4, 0.5) is 28.9 Å². The number of halogens is 4. The molecular weight excluding hydrogens is 857 g/mol. The van der Waals surface area contributed by atoms with E-state index in [1.54, 1.807) is 56.9 Å². The van der Waals surface area contributed by atoms with E-state index in [9.17, 15) is 44.0 Å². The van der Waals surface area contributed by atoms with Crippen LogP contribution in [0.3, 0.4) is 0 Å². The Morgan fingerprint density at radius 3 is 1.53 bits per heavy atom. The van der Waals surface area contributed by atoms with Gasteiger partial charge in [-0.25, -0.2) is 39.5 Å². The quantitative estimate of drug-likeness (QED) is 0.194. The van der Waals surface area contributed by atoms with Gasteiger partial charge in [0.15, 0.2) is 0 Å². The van der Waals surface area contributed by atoms with Gasteiger partial charge in [0.1, 0.15) is 29.0 Å². The molecule has 2 aliphatic rings. The van der Waals surface area contributed by atoms with E-state index in [4.69, 9.17) is 4.74 Å². The lowest BCUT2D eigenvalue weighted by Gasteiger charge is -2.36. The molecule has 62 heavy (non-hydrogen) atoms. The van der Waals surface area contributed by atoms with Crippen molar-refractivity contribution < 1.29 is 39.1 Å². The van der Waals surface area contributed by atoms with Gasteiger partial charge in [0.25, 0.3) is 11.1 Å². The molecule has 2 aliphatic heterocycles. The second kappa shape index (κ2) is 18.8. The highest BCUT2D eigenvalue weighted by molar-refractivity contribution is 7.90. The molecule has 0 unspecified atom stereocenters. The van der Waals surface area contributed by atoms with Gasteiger partial charge in [0, 0.05) is 70.6 Å². The number of anilines is 2. The van der Waals surface area contributed by atoms with E-state index in [-0.39, 0.29) is 48.4 Å². The van der Waals surface area contributed by atoms with Crippen molar-refractivity contribution in [2.45, 2.75) is 38.2 Å². The summed E-state index contributed by atoms with van der Waals surface area (Å²) in [6, 6.07) is 12.5. The maximum Gasteiger partial charge on any atom is 0.281 e. The van der Waals surface area contributed by atoms with Crippen molar-refractivity contribution in [3.8, 4) is 33.7 Å². The first kappa shape index (κ1) is 45.9. The molecule has 0 amide bonds. The molecule has 15 nitrogen and oxygen atoms in total. The number of nitrogens with one attached hydrogen (secondary N) is 1. The van der Waals surface area contributed by atoms with E-state index in [1.165, 1.54) is 28.1 Å². The number of hydrogen-bond acceptors (Lipinski definition) is 11. The summed E-state index contributed by atoms with van der Waals surface area (Å²) < 4.78 is 114. The third-order valence-electron chi connectivity index (χ3n) is 10.5. The lowest BCUT2D eigenvalue weighted by molar-refractivity contribution is 0.380. The molecular formula is C41H46F4N8O7S2. The lowest BCUT2D eigenvalue weighted by atomic mass is 10.0. The number of aromatic nitrogens is 4. The summed E-state index contributed by atoms with van der Waals surface area (Å²) in [5, 5.41) is 9.32. The van der Waals surface area contributed by atoms with Crippen molar-refractivity contribution >= 4 is 31.4 Å². The van der Waals surface area contributed by atoms with Crippen LogP contribution < -0.4 is 25.7 Å². The van der Waals surface area contributed by atoms with E-state index in [0.717, 1.165) is 41.1 Å². The molecule has 0 saturated carbocycles. The van der Waals surface area contributed by atoms with Gasteiger partial charge in [0.05, 0.1) is 58.2 Å². The molecule has 0 atom stereocenters. The Labute approximate surface area is 356 Å². The van der Waals surface area contributed by atoms with Gasteiger partial charge < -0.3 is 14.5 Å². The minimum absolute atomic E-state index is 0.0683. The Bertz CT molecular complexity index is 2730. The van der Waals surface area contributed by atoms with Gasteiger partial charge in [-0.3, -0.25) is 9.59 Å². The summed E-state index contributed by atoms with van der Waals surface area (Å²) in [5.41, 5.74) is 0.401. The zero-order valence-corrected chi connectivity index (χ0v) is 36.2. The average molecular weight is 903 g/mol. The summed E-state index contributed by atoms with van der Waals surface area (Å²) in [5.74, 6) is -2.70. The van der Waals surface area contributed by atoms with Gasteiger partial charge in [-0.15, -0.1) is 0 Å². The number of sulfonamides is 2. The van der Waals surface area contributed by atoms with Gasteiger partial charge >= 0.3 is 0 Å². The highest BCUT2D eigenvalue weighted by atomic mass is 32.2. The van der Waals surface area contributed by atoms with Crippen LogP contribution in [-0.4, -0.2) is 115 Å². The number of aromatic amines is 1. The largest absolute Gasteiger partial charge is 0.497 e. The second-order valence-electron chi connectivity index (χ2n) is 15.1. The van der Waals surface area contributed by atoms with Gasteiger partial charge in [-0.2, -0.15) is 23.5 Å². The summed E-state index contributed by atoms with van der Waals surface area (Å²) in [4.78, 5) is 29.6. The van der Waals surface area contributed by atoms with Crippen molar-refractivity contribution in [2.24, 2.45) is 0 Å². The Balaban J connectivity index is 0.000000214. The highest BCUT2D eigenvalue weighted by Gasteiger charge is 2.32. The summed E-state index contributed by atoms with van der Waals surface area (Å²) in [6.45, 7) is 8.70. The van der Waals surface area contributed by atoms with Gasteiger partial charge in [-0.1, -0.05) is 6.07 Å². The normalized spacial score (nSPS) is 15.5. The second-order valence-corrected chi connectivity index (χ2v) is 20.0. The van der Waals surface area contributed by atoms with E-state index < -0.39 is 64.9 Å². The van der Waals surface area contributed by atoms with Gasteiger partial charge in [0.2, 0.25) is 20.0 Å². The molecule has 4 heterocycles. The first-order valence-electron chi connectivity index (χ1n) is 19.6. The number of piperazine rings is 2. The molecule has 2 aromatic heterocycles. The first-order valence-corrected chi connectivity index (χ1v) is 22.6. The van der Waals surface area contributed by atoms with Gasteiger partial charge in [-0.05, 0) is 75.2 Å². The molecule has 0 bridgehead atoms. The van der Waals surface area contributed by atoms with Crippen LogP contribution in [0.25, 0.3) is 27.9 Å². The standard InChI is InChI=1S/C24H26F2N4O4S.C17H20F2N4O3S/c1-16(2)35(32,33)29-9-7-28(8-10-29)22-15-27-30(20-5-4-6-21(14-20)34-3)24(31)23(22)17-11-18(25)13-19(26)12-17;1-11(2)27(25,26)23-5-3-22(4-6-23)15-10-20-21-17(24)16(15)12-7-13(18)9-14(19)8-12/h4-6,11-16H,7-10H2,1-3H3;7-11H,3-6H2,1-2H3,(H,21,24). The predicted molar refractivity (Wildman–Crippen MR) is 228 cm³/mol. The fourth-order valence-corrected chi connectivity index (χ4v) is 9.69. The minimum atomic E-state index is -3.42. The Kier molecular flexibility index (Phi) is 13.9. The Hall–Kier alpha value is -5.64. The summed E-state index contributed by atoms with van der Waals surface area (Å²) in [6.07, 6.45) is 2.87. The molecule has 1 N–H and O–H groups in total. The lowest BCUT2D eigenvalue weighted by Crippen LogP contribution is -2.50. The highest BCUT2D eigenvalue weighted by Crippen LogP contribution is 2.32. The SMILES string of the molecule is CC(C)S(=O)(=O)N1CCN(c2cn[nH]c(=O)c2-c2cc(F)cc(F)c2)CC1.COc1cccc(-n2ncc(N3CCN(S(=O)(=O)C(C)C)CC3)c(-c3cc(F)cc(F)c3)c2=O)c1. The minimum Gasteiger partial charge on any atom is -0.497 e. The zero-order valence-electron chi connectivity index (χ0n) is 34.6. The summed E-state index contributed by atoms with van der Waals surface area (Å²) in [7, 11) is -5.29.